The minimum Gasteiger partial charge on any atom is -0.365 e. The SMILES string of the molecule is CC(C)CN(CC(C)C)c1ccc(C2OCCCN2Cc2ccccc2)cc1[N+](=O)[O-]. The average Bonchev–Trinajstić information content (AvgIpc) is 2.73. The van der Waals surface area contributed by atoms with Gasteiger partial charge in [0.1, 0.15) is 11.9 Å². The second-order valence-electron chi connectivity index (χ2n) is 9.23. The van der Waals surface area contributed by atoms with Gasteiger partial charge in [-0.25, -0.2) is 0 Å². The quantitative estimate of drug-likeness (QED) is 0.385. The van der Waals surface area contributed by atoms with Gasteiger partial charge in [-0.05, 0) is 29.9 Å². The van der Waals surface area contributed by atoms with E-state index in [2.05, 4.69) is 49.6 Å². The molecule has 6 nitrogen and oxygen atoms in total. The standard InChI is InChI=1S/C25H35N3O3/c1-19(2)16-27(17-20(3)4)23-12-11-22(15-24(23)28(29)30)25-26(13-8-14-31-25)18-21-9-6-5-7-10-21/h5-7,9-12,15,19-20,25H,8,13-14,16-18H2,1-4H3. The fourth-order valence-corrected chi connectivity index (χ4v) is 4.23. The van der Waals surface area contributed by atoms with Gasteiger partial charge in [0, 0.05) is 37.8 Å². The molecule has 0 radical (unpaired) electrons. The molecule has 2 aromatic rings. The lowest BCUT2D eigenvalue weighted by molar-refractivity contribution is -0.384. The van der Waals surface area contributed by atoms with Gasteiger partial charge in [0.25, 0.3) is 5.69 Å². The Kier molecular flexibility index (Phi) is 8.04. The molecule has 0 aromatic heterocycles. The van der Waals surface area contributed by atoms with Crippen molar-refractivity contribution in [3.05, 3.63) is 69.8 Å². The van der Waals surface area contributed by atoms with Crippen molar-refractivity contribution in [1.29, 1.82) is 0 Å². The smallest absolute Gasteiger partial charge is 0.292 e. The van der Waals surface area contributed by atoms with E-state index in [1.807, 2.05) is 30.3 Å². The van der Waals surface area contributed by atoms with Crippen molar-refractivity contribution < 1.29 is 9.66 Å². The van der Waals surface area contributed by atoms with Crippen LogP contribution in [0.5, 0.6) is 0 Å². The van der Waals surface area contributed by atoms with Gasteiger partial charge in [-0.2, -0.15) is 0 Å². The molecule has 31 heavy (non-hydrogen) atoms. The summed E-state index contributed by atoms with van der Waals surface area (Å²) in [6, 6.07) is 15.9. The van der Waals surface area contributed by atoms with Crippen LogP contribution in [0, 0.1) is 22.0 Å². The van der Waals surface area contributed by atoms with Crippen LogP contribution < -0.4 is 4.90 Å². The molecule has 0 bridgehead atoms. The summed E-state index contributed by atoms with van der Waals surface area (Å²) in [4.78, 5) is 16.2. The second kappa shape index (κ2) is 10.7. The van der Waals surface area contributed by atoms with E-state index >= 15 is 0 Å². The third kappa shape index (κ3) is 6.28. The lowest BCUT2D eigenvalue weighted by Gasteiger charge is -2.36. The van der Waals surface area contributed by atoms with Gasteiger partial charge in [0.15, 0.2) is 0 Å². The van der Waals surface area contributed by atoms with Crippen molar-refractivity contribution in [2.24, 2.45) is 11.8 Å². The van der Waals surface area contributed by atoms with Gasteiger partial charge < -0.3 is 9.64 Å². The number of ether oxygens (including phenoxy) is 1. The van der Waals surface area contributed by atoms with Crippen LogP contribution in [0.4, 0.5) is 11.4 Å². The fraction of sp³-hybridized carbons (Fsp3) is 0.520. The highest BCUT2D eigenvalue weighted by Gasteiger charge is 2.29. The Morgan fingerprint density at radius 3 is 2.39 bits per heavy atom. The molecule has 168 valence electrons. The number of nitro benzene ring substituents is 1. The summed E-state index contributed by atoms with van der Waals surface area (Å²) >= 11 is 0. The first-order valence-electron chi connectivity index (χ1n) is 11.3. The van der Waals surface area contributed by atoms with Crippen LogP contribution in [0.25, 0.3) is 0 Å². The zero-order valence-electron chi connectivity index (χ0n) is 19.2. The van der Waals surface area contributed by atoms with Gasteiger partial charge in [0.05, 0.1) is 11.5 Å². The number of hydrogen-bond acceptors (Lipinski definition) is 5. The largest absolute Gasteiger partial charge is 0.365 e. The highest BCUT2D eigenvalue weighted by molar-refractivity contribution is 5.64. The molecule has 0 saturated carbocycles. The van der Waals surface area contributed by atoms with Gasteiger partial charge in [-0.1, -0.05) is 64.1 Å². The van der Waals surface area contributed by atoms with E-state index in [1.165, 1.54) is 5.56 Å². The monoisotopic (exact) mass is 425 g/mol. The Bertz CT molecular complexity index is 844. The van der Waals surface area contributed by atoms with E-state index < -0.39 is 0 Å². The van der Waals surface area contributed by atoms with E-state index in [0.717, 1.165) is 38.2 Å². The predicted octanol–water partition coefficient (Wildman–Crippen LogP) is 5.63. The van der Waals surface area contributed by atoms with Gasteiger partial charge in [-0.15, -0.1) is 0 Å². The molecule has 1 atom stereocenters. The Morgan fingerprint density at radius 2 is 1.77 bits per heavy atom. The number of nitrogens with zero attached hydrogens (tertiary/aromatic N) is 3. The molecule has 1 unspecified atom stereocenters. The second-order valence-corrected chi connectivity index (χ2v) is 9.23. The zero-order chi connectivity index (χ0) is 22.4. The molecule has 0 N–H and O–H groups in total. The maximum atomic E-state index is 12.0. The van der Waals surface area contributed by atoms with Gasteiger partial charge in [0.2, 0.25) is 0 Å². The van der Waals surface area contributed by atoms with Crippen LogP contribution in [-0.2, 0) is 11.3 Å². The van der Waals surface area contributed by atoms with Crippen LogP contribution in [0.2, 0.25) is 0 Å². The van der Waals surface area contributed by atoms with Crippen LogP contribution in [0.1, 0.15) is 51.5 Å². The number of rotatable bonds is 9. The first-order chi connectivity index (χ1) is 14.8. The van der Waals surface area contributed by atoms with Crippen LogP contribution in [0.15, 0.2) is 48.5 Å². The van der Waals surface area contributed by atoms with Crippen LogP contribution in [0.3, 0.4) is 0 Å². The molecule has 1 fully saturated rings. The number of benzene rings is 2. The van der Waals surface area contributed by atoms with E-state index in [-0.39, 0.29) is 16.8 Å². The Balaban J connectivity index is 1.91. The molecule has 0 spiro atoms. The molecule has 3 rings (SSSR count). The van der Waals surface area contributed by atoms with Crippen LogP contribution >= 0.6 is 0 Å². The minimum absolute atomic E-state index is 0.160. The van der Waals surface area contributed by atoms with Crippen molar-refractivity contribution in [2.45, 2.75) is 46.9 Å². The summed E-state index contributed by atoms with van der Waals surface area (Å²) in [6.07, 6.45) is 0.686. The van der Waals surface area contributed by atoms with Gasteiger partial charge >= 0.3 is 0 Å². The summed E-state index contributed by atoms with van der Waals surface area (Å²) in [5.41, 5.74) is 2.92. The fourth-order valence-electron chi connectivity index (χ4n) is 4.23. The maximum Gasteiger partial charge on any atom is 0.292 e. The molecule has 1 aliphatic rings. The zero-order valence-corrected chi connectivity index (χ0v) is 19.2. The molecular formula is C25H35N3O3. The summed E-state index contributed by atoms with van der Waals surface area (Å²) in [7, 11) is 0. The molecule has 6 heteroatoms. The van der Waals surface area contributed by atoms with E-state index in [9.17, 15) is 10.1 Å². The molecule has 0 aliphatic carbocycles. The summed E-state index contributed by atoms with van der Waals surface area (Å²) in [5.74, 6) is 0.835. The van der Waals surface area contributed by atoms with Crippen molar-refractivity contribution in [1.82, 2.24) is 4.90 Å². The third-order valence-electron chi connectivity index (χ3n) is 5.42. The highest BCUT2D eigenvalue weighted by atomic mass is 16.6. The summed E-state index contributed by atoms with van der Waals surface area (Å²) in [5, 5.41) is 12.0. The Labute approximate surface area is 186 Å². The topological polar surface area (TPSA) is 58.8 Å². The van der Waals surface area contributed by atoms with E-state index in [0.29, 0.717) is 24.1 Å². The molecule has 1 aliphatic heterocycles. The Hall–Kier alpha value is -2.44. The molecule has 1 heterocycles. The maximum absolute atomic E-state index is 12.0. The summed E-state index contributed by atoms with van der Waals surface area (Å²) in [6.45, 7) is 12.5. The minimum atomic E-state index is -0.273. The molecule has 2 aromatic carbocycles. The van der Waals surface area contributed by atoms with Crippen LogP contribution in [-0.4, -0.2) is 36.1 Å². The summed E-state index contributed by atoms with van der Waals surface area (Å²) < 4.78 is 6.10. The average molecular weight is 426 g/mol. The van der Waals surface area contributed by atoms with Crippen molar-refractivity contribution in [2.75, 3.05) is 31.1 Å². The normalized spacial score (nSPS) is 17.3. The lowest BCUT2D eigenvalue weighted by atomic mass is 10.1. The van der Waals surface area contributed by atoms with E-state index in [1.54, 1.807) is 6.07 Å². The predicted molar refractivity (Wildman–Crippen MR) is 125 cm³/mol. The molecule has 0 amide bonds. The number of nitro groups is 1. The van der Waals surface area contributed by atoms with Crippen molar-refractivity contribution in [3.63, 3.8) is 0 Å². The first kappa shape index (κ1) is 23.2. The lowest BCUT2D eigenvalue weighted by Crippen LogP contribution is -2.36. The number of hydrogen-bond donors (Lipinski definition) is 0. The first-order valence-corrected chi connectivity index (χ1v) is 11.3. The number of anilines is 1. The van der Waals surface area contributed by atoms with Gasteiger partial charge in [-0.3, -0.25) is 15.0 Å². The third-order valence-corrected chi connectivity index (χ3v) is 5.42. The Morgan fingerprint density at radius 1 is 1.10 bits per heavy atom. The molecule has 1 saturated heterocycles. The molecular weight excluding hydrogens is 390 g/mol. The highest BCUT2D eigenvalue weighted by Crippen LogP contribution is 2.35. The van der Waals surface area contributed by atoms with E-state index in [4.69, 9.17) is 4.74 Å². The van der Waals surface area contributed by atoms with Crippen molar-refractivity contribution in [3.8, 4) is 0 Å². The van der Waals surface area contributed by atoms with Crippen molar-refractivity contribution >= 4 is 11.4 Å².